The Labute approximate surface area is 134 Å². The zero-order valence-corrected chi connectivity index (χ0v) is 12.8. The van der Waals surface area contributed by atoms with Gasteiger partial charge in [0.1, 0.15) is 0 Å². The average molecular weight is 334 g/mol. The van der Waals surface area contributed by atoms with Crippen molar-refractivity contribution in [2.75, 3.05) is 11.4 Å². The Hall–Kier alpha value is -2.71. The van der Waals surface area contributed by atoms with Crippen LogP contribution in [-0.2, 0) is 16.0 Å². The van der Waals surface area contributed by atoms with Crippen molar-refractivity contribution < 1.29 is 28.2 Å². The van der Waals surface area contributed by atoms with E-state index in [0.29, 0.717) is 0 Å². The quantitative estimate of drug-likeness (QED) is 0.663. The molecule has 1 atom stereocenters. The lowest BCUT2D eigenvalue weighted by Crippen LogP contribution is -2.22. The average Bonchev–Trinajstić information content (AvgIpc) is 2.55. The van der Waals surface area contributed by atoms with E-state index < -0.39 is 23.2 Å². The summed E-state index contributed by atoms with van der Waals surface area (Å²) in [7, 11) is 1.19. The number of anilines is 2. The second kappa shape index (κ2) is 7.03. The molecule has 8 heteroatoms. The number of hydrogen-bond donors (Lipinski definition) is 1. The van der Waals surface area contributed by atoms with Crippen LogP contribution in [0.15, 0.2) is 48.5 Å². The third-order valence-corrected chi connectivity index (χ3v) is 3.73. The SMILES string of the molecule is COC(=O)c1ccccc1N(c1ccc(C(=O)O)cc1)S(=O)[O-]. The summed E-state index contributed by atoms with van der Waals surface area (Å²) in [5.41, 5.74) is 0.392. The number of carboxylic acid groups (broad SMARTS) is 1. The fourth-order valence-corrected chi connectivity index (χ4v) is 2.59. The molecule has 0 aliphatic carbocycles. The monoisotopic (exact) mass is 334 g/mol. The van der Waals surface area contributed by atoms with Crippen molar-refractivity contribution >= 4 is 34.6 Å². The molecule has 0 radical (unpaired) electrons. The van der Waals surface area contributed by atoms with Gasteiger partial charge in [0.05, 0.1) is 40.9 Å². The van der Waals surface area contributed by atoms with Gasteiger partial charge < -0.3 is 14.4 Å². The first-order chi connectivity index (χ1) is 11.0. The molecule has 2 aromatic rings. The fourth-order valence-electron chi connectivity index (χ4n) is 1.98. The molecule has 0 spiro atoms. The molecule has 0 heterocycles. The van der Waals surface area contributed by atoms with Crippen LogP contribution in [0.3, 0.4) is 0 Å². The second-order valence-corrected chi connectivity index (χ2v) is 5.17. The molecule has 23 heavy (non-hydrogen) atoms. The molecule has 0 aliphatic rings. The van der Waals surface area contributed by atoms with Crippen LogP contribution in [0, 0.1) is 0 Å². The number of ether oxygens (including phenoxy) is 1. The molecule has 0 aliphatic heterocycles. The molecule has 7 nitrogen and oxygen atoms in total. The van der Waals surface area contributed by atoms with Crippen molar-refractivity contribution in [1.29, 1.82) is 0 Å². The maximum Gasteiger partial charge on any atom is 0.340 e. The van der Waals surface area contributed by atoms with Gasteiger partial charge in [-0.3, -0.25) is 8.51 Å². The lowest BCUT2D eigenvalue weighted by Gasteiger charge is -2.27. The maximum absolute atomic E-state index is 11.8. The molecular weight excluding hydrogens is 322 g/mol. The number of hydrogen-bond acceptors (Lipinski definition) is 5. The summed E-state index contributed by atoms with van der Waals surface area (Å²) in [4.78, 5) is 22.7. The first-order valence-electron chi connectivity index (χ1n) is 6.36. The van der Waals surface area contributed by atoms with Crippen LogP contribution in [0.2, 0.25) is 0 Å². The number of benzene rings is 2. The normalized spacial score (nSPS) is 11.6. The minimum atomic E-state index is -2.72. The van der Waals surface area contributed by atoms with Crippen molar-refractivity contribution in [3.8, 4) is 0 Å². The largest absolute Gasteiger partial charge is 0.755 e. The lowest BCUT2D eigenvalue weighted by molar-refractivity contribution is 0.0601. The summed E-state index contributed by atoms with van der Waals surface area (Å²) in [6.45, 7) is 0. The van der Waals surface area contributed by atoms with Gasteiger partial charge in [-0.05, 0) is 36.4 Å². The Kier molecular flexibility index (Phi) is 5.09. The standard InChI is InChI=1S/C15H13NO6S/c1-22-15(19)12-4-2-3-5-13(12)16(23(20)21)11-8-6-10(7-9-11)14(17)18/h2-9H,1H3,(H,17,18)(H,20,21)/p-1. The third kappa shape index (κ3) is 3.55. The highest BCUT2D eigenvalue weighted by atomic mass is 32.2. The minimum absolute atomic E-state index is 0.0200. The second-order valence-electron chi connectivity index (χ2n) is 4.37. The van der Waals surface area contributed by atoms with E-state index in [0.717, 1.165) is 4.31 Å². The Bertz CT molecular complexity index is 759. The van der Waals surface area contributed by atoms with Gasteiger partial charge in [0.25, 0.3) is 0 Å². The molecule has 0 fully saturated rings. The van der Waals surface area contributed by atoms with E-state index >= 15 is 0 Å². The molecule has 120 valence electrons. The van der Waals surface area contributed by atoms with E-state index in [4.69, 9.17) is 5.11 Å². The number of aromatic carboxylic acids is 1. The Balaban J connectivity index is 2.54. The first-order valence-corrected chi connectivity index (χ1v) is 7.39. The summed E-state index contributed by atoms with van der Waals surface area (Å²) < 4.78 is 28.8. The summed E-state index contributed by atoms with van der Waals surface area (Å²) >= 11 is -2.72. The summed E-state index contributed by atoms with van der Waals surface area (Å²) in [5.74, 6) is -1.81. The van der Waals surface area contributed by atoms with E-state index in [2.05, 4.69) is 4.74 Å². The smallest absolute Gasteiger partial charge is 0.340 e. The topological polar surface area (TPSA) is 107 Å². The van der Waals surface area contributed by atoms with Crippen molar-refractivity contribution in [3.63, 3.8) is 0 Å². The van der Waals surface area contributed by atoms with Gasteiger partial charge in [-0.2, -0.15) is 0 Å². The number of carboxylic acids is 1. The molecular formula is C15H12NO6S-. The Morgan fingerprint density at radius 1 is 1.13 bits per heavy atom. The van der Waals surface area contributed by atoms with E-state index in [1.54, 1.807) is 12.1 Å². The molecule has 0 saturated heterocycles. The van der Waals surface area contributed by atoms with Crippen molar-refractivity contribution in [2.45, 2.75) is 0 Å². The Morgan fingerprint density at radius 2 is 1.74 bits per heavy atom. The van der Waals surface area contributed by atoms with Crippen LogP contribution in [0.1, 0.15) is 20.7 Å². The predicted molar refractivity (Wildman–Crippen MR) is 82.2 cm³/mol. The number of rotatable bonds is 5. The lowest BCUT2D eigenvalue weighted by atomic mass is 10.1. The molecule has 0 aromatic heterocycles. The van der Waals surface area contributed by atoms with Crippen molar-refractivity contribution in [2.24, 2.45) is 0 Å². The predicted octanol–water partition coefficient (Wildman–Crippen LogP) is 2.10. The maximum atomic E-state index is 11.8. The summed E-state index contributed by atoms with van der Waals surface area (Å²) in [6.07, 6.45) is 0. The van der Waals surface area contributed by atoms with E-state index in [1.807, 2.05) is 0 Å². The van der Waals surface area contributed by atoms with Crippen LogP contribution in [0.5, 0.6) is 0 Å². The fraction of sp³-hybridized carbons (Fsp3) is 0.0667. The number of carbonyl (C=O) groups excluding carboxylic acids is 1. The highest BCUT2D eigenvalue weighted by Gasteiger charge is 2.19. The first kappa shape index (κ1) is 16.7. The van der Waals surface area contributed by atoms with E-state index in [-0.39, 0.29) is 22.5 Å². The highest BCUT2D eigenvalue weighted by molar-refractivity contribution is 7.81. The molecule has 0 amide bonds. The van der Waals surface area contributed by atoms with Crippen LogP contribution in [0.25, 0.3) is 0 Å². The zero-order valence-electron chi connectivity index (χ0n) is 12.0. The van der Waals surface area contributed by atoms with E-state index in [1.165, 1.54) is 43.5 Å². The molecule has 0 saturated carbocycles. The number of carbonyl (C=O) groups is 2. The highest BCUT2D eigenvalue weighted by Crippen LogP contribution is 2.30. The van der Waals surface area contributed by atoms with Gasteiger partial charge in [-0.1, -0.05) is 12.1 Å². The molecule has 2 aromatic carbocycles. The van der Waals surface area contributed by atoms with Crippen molar-refractivity contribution in [1.82, 2.24) is 0 Å². The number of para-hydroxylation sites is 1. The molecule has 2 rings (SSSR count). The Morgan fingerprint density at radius 3 is 2.26 bits per heavy atom. The number of nitrogens with zero attached hydrogens (tertiary/aromatic N) is 1. The molecule has 1 unspecified atom stereocenters. The van der Waals surface area contributed by atoms with Gasteiger partial charge in [-0.15, -0.1) is 0 Å². The van der Waals surface area contributed by atoms with Gasteiger partial charge in [0.15, 0.2) is 0 Å². The van der Waals surface area contributed by atoms with Crippen molar-refractivity contribution in [3.05, 3.63) is 59.7 Å². The third-order valence-electron chi connectivity index (χ3n) is 3.03. The summed E-state index contributed by atoms with van der Waals surface area (Å²) in [6, 6.07) is 11.3. The van der Waals surface area contributed by atoms with Crippen LogP contribution in [0.4, 0.5) is 11.4 Å². The molecule has 1 N–H and O–H groups in total. The van der Waals surface area contributed by atoms with Crippen LogP contribution < -0.4 is 4.31 Å². The van der Waals surface area contributed by atoms with Gasteiger partial charge in [0, 0.05) is 0 Å². The van der Waals surface area contributed by atoms with Crippen LogP contribution in [-0.4, -0.2) is 32.9 Å². The van der Waals surface area contributed by atoms with Gasteiger partial charge in [0.2, 0.25) is 0 Å². The van der Waals surface area contributed by atoms with Crippen LogP contribution >= 0.6 is 0 Å². The van der Waals surface area contributed by atoms with Gasteiger partial charge in [-0.25, -0.2) is 9.59 Å². The minimum Gasteiger partial charge on any atom is -0.755 e. The summed E-state index contributed by atoms with van der Waals surface area (Å²) in [5, 5.41) is 8.89. The molecule has 0 bridgehead atoms. The van der Waals surface area contributed by atoms with Gasteiger partial charge >= 0.3 is 11.9 Å². The zero-order chi connectivity index (χ0) is 17.0. The van der Waals surface area contributed by atoms with E-state index in [9.17, 15) is 18.4 Å². The number of esters is 1. The number of methoxy groups -OCH3 is 1.